The smallest absolute Gasteiger partial charge is 0.284 e. The van der Waals surface area contributed by atoms with Gasteiger partial charge in [-0.3, -0.25) is 0 Å². The van der Waals surface area contributed by atoms with Gasteiger partial charge in [0, 0.05) is 12.1 Å². The normalized spacial score (nSPS) is 27.5. The van der Waals surface area contributed by atoms with Crippen molar-refractivity contribution in [2.24, 2.45) is 0 Å². The molecular weight excluding hydrogens is 348 g/mol. The summed E-state index contributed by atoms with van der Waals surface area (Å²) in [4.78, 5) is 6.09. The molecule has 1 aromatic rings. The van der Waals surface area contributed by atoms with E-state index in [1.165, 1.54) is 10.4 Å². The number of halogens is 1. The monoisotopic (exact) mass is 368 g/mol. The van der Waals surface area contributed by atoms with Crippen LogP contribution in [0.5, 0.6) is 0 Å². The third-order valence-corrected chi connectivity index (χ3v) is 6.59. The van der Waals surface area contributed by atoms with E-state index in [2.05, 4.69) is 23.7 Å². The van der Waals surface area contributed by atoms with Crippen molar-refractivity contribution in [1.29, 1.82) is 0 Å². The van der Waals surface area contributed by atoms with E-state index in [1.54, 1.807) is 30.4 Å². The van der Waals surface area contributed by atoms with Gasteiger partial charge in [-0.25, -0.2) is 9.29 Å². The second-order valence-corrected chi connectivity index (χ2v) is 8.38. The molecule has 1 fully saturated rings. The van der Waals surface area contributed by atoms with Crippen molar-refractivity contribution in [2.45, 2.75) is 49.3 Å². The minimum absolute atomic E-state index is 0.103. The number of sulfonamides is 1. The fraction of sp³-hybridized carbons (Fsp3) is 0.438. The van der Waals surface area contributed by atoms with Gasteiger partial charge in [0.15, 0.2) is 5.03 Å². The summed E-state index contributed by atoms with van der Waals surface area (Å²) < 4.78 is 27.5. The summed E-state index contributed by atoms with van der Waals surface area (Å²) in [6, 6.07) is 5.04. The third-order valence-electron chi connectivity index (χ3n) is 4.45. The average Bonchev–Trinajstić information content (AvgIpc) is 2.85. The van der Waals surface area contributed by atoms with Crippen LogP contribution in [0.1, 0.15) is 26.7 Å². The predicted molar refractivity (Wildman–Crippen MR) is 94.5 cm³/mol. The minimum atomic E-state index is -3.92. The van der Waals surface area contributed by atoms with Crippen LogP contribution >= 0.6 is 11.6 Å². The lowest BCUT2D eigenvalue weighted by Gasteiger charge is -2.40. The fourth-order valence-electron chi connectivity index (χ4n) is 3.29. The number of likely N-dealkylation sites (tertiary alicyclic amines) is 1. The Morgan fingerprint density at radius 1 is 1.25 bits per heavy atom. The maximum Gasteiger partial charge on any atom is 0.284 e. The van der Waals surface area contributed by atoms with Gasteiger partial charge in [-0.15, -0.1) is 0 Å². The van der Waals surface area contributed by atoms with Crippen molar-refractivity contribution in [2.75, 3.05) is 5.73 Å². The van der Waals surface area contributed by atoms with E-state index in [0.717, 1.165) is 12.8 Å². The second-order valence-electron chi connectivity index (χ2n) is 6.17. The molecule has 6 nitrogen and oxygen atoms in total. The van der Waals surface area contributed by atoms with Crippen LogP contribution in [0.25, 0.3) is 0 Å². The molecule has 0 spiro atoms. The Labute approximate surface area is 147 Å². The molecule has 2 N–H and O–H groups in total. The summed E-state index contributed by atoms with van der Waals surface area (Å²) in [5, 5.41) is -0.103. The highest BCUT2D eigenvalue weighted by Gasteiger charge is 2.40. The van der Waals surface area contributed by atoms with E-state index in [4.69, 9.17) is 17.3 Å². The molecule has 0 saturated carbocycles. The molecule has 0 aromatic carbocycles. The number of anilines is 1. The number of nitrogen functional groups attached to an aromatic ring is 1. The number of pyridine rings is 1. The fourth-order valence-corrected chi connectivity index (χ4v) is 5.20. The maximum absolute atomic E-state index is 13.2. The first-order valence-electron chi connectivity index (χ1n) is 7.90. The van der Waals surface area contributed by atoms with Gasteiger partial charge in [-0.1, -0.05) is 23.7 Å². The van der Waals surface area contributed by atoms with Crippen LogP contribution in [0, 0.1) is 0 Å². The summed E-state index contributed by atoms with van der Waals surface area (Å²) in [5.74, 6) is 0.738. The molecule has 24 heavy (non-hydrogen) atoms. The average molecular weight is 369 g/mol. The van der Waals surface area contributed by atoms with Crippen LogP contribution in [0.3, 0.4) is 0 Å². The van der Waals surface area contributed by atoms with Crippen molar-refractivity contribution in [3.63, 3.8) is 0 Å². The molecule has 2 aliphatic rings. The molecule has 0 aliphatic carbocycles. The topological polar surface area (TPSA) is 79.5 Å². The molecule has 130 valence electrons. The van der Waals surface area contributed by atoms with E-state index < -0.39 is 15.5 Å². The SMILES string of the molecule is C[C@@H]1CC[C@H](C)N1C1=CC=CC(Cl)N1S(=O)(=O)c1cccc(N)n1. The number of rotatable bonds is 3. The van der Waals surface area contributed by atoms with E-state index in [1.807, 2.05) is 0 Å². The highest BCUT2D eigenvalue weighted by atomic mass is 35.5. The van der Waals surface area contributed by atoms with Gasteiger partial charge < -0.3 is 10.6 Å². The number of nitrogens with zero attached hydrogens (tertiary/aromatic N) is 3. The van der Waals surface area contributed by atoms with Gasteiger partial charge in [-0.05, 0) is 51.0 Å². The largest absolute Gasteiger partial charge is 0.384 e. The van der Waals surface area contributed by atoms with E-state index in [9.17, 15) is 8.42 Å². The summed E-state index contributed by atoms with van der Waals surface area (Å²) in [7, 11) is -3.92. The minimum Gasteiger partial charge on any atom is -0.384 e. The lowest BCUT2D eigenvalue weighted by atomic mass is 10.2. The van der Waals surface area contributed by atoms with Gasteiger partial charge in [0.25, 0.3) is 10.0 Å². The van der Waals surface area contributed by atoms with Gasteiger partial charge in [0.2, 0.25) is 0 Å². The molecule has 0 amide bonds. The van der Waals surface area contributed by atoms with E-state index in [-0.39, 0.29) is 22.9 Å². The first-order valence-corrected chi connectivity index (χ1v) is 9.78. The Bertz CT molecular complexity index is 783. The Morgan fingerprint density at radius 2 is 1.92 bits per heavy atom. The number of allylic oxidation sites excluding steroid dienone is 2. The Kier molecular flexibility index (Phi) is 4.48. The lowest BCUT2D eigenvalue weighted by molar-refractivity contribution is 0.218. The molecule has 3 rings (SSSR count). The number of aromatic nitrogens is 1. The number of hydrogen-bond donors (Lipinski definition) is 1. The lowest BCUT2D eigenvalue weighted by Crippen LogP contribution is -2.46. The first-order chi connectivity index (χ1) is 11.3. The maximum atomic E-state index is 13.2. The highest BCUT2D eigenvalue weighted by molar-refractivity contribution is 7.89. The standard InChI is InChI=1S/C16H21ClN4O2S/c1-11-9-10-12(2)20(11)16-8-3-5-13(17)21(16)24(22,23)15-7-4-6-14(18)19-15/h3-8,11-13H,9-10H2,1-2H3,(H2,18,19)/t11-,12+,13?. The Morgan fingerprint density at radius 3 is 2.54 bits per heavy atom. The van der Waals surface area contributed by atoms with Crippen molar-refractivity contribution in [3.05, 3.63) is 42.2 Å². The highest BCUT2D eigenvalue weighted by Crippen LogP contribution is 2.35. The second kappa shape index (κ2) is 6.29. The van der Waals surface area contributed by atoms with E-state index >= 15 is 0 Å². The van der Waals surface area contributed by atoms with Crippen molar-refractivity contribution in [1.82, 2.24) is 14.2 Å². The van der Waals surface area contributed by atoms with Crippen molar-refractivity contribution >= 4 is 27.4 Å². The summed E-state index contributed by atoms with van der Waals surface area (Å²) in [6.07, 6.45) is 7.25. The van der Waals surface area contributed by atoms with E-state index in [0.29, 0.717) is 5.82 Å². The summed E-state index contributed by atoms with van der Waals surface area (Å²) in [5.41, 5.74) is 4.85. The zero-order valence-corrected chi connectivity index (χ0v) is 15.2. The molecule has 1 unspecified atom stereocenters. The number of alkyl halides is 1. The molecule has 3 atom stereocenters. The van der Waals surface area contributed by atoms with Gasteiger partial charge in [0.1, 0.15) is 17.1 Å². The third kappa shape index (κ3) is 2.86. The molecule has 3 heterocycles. The Balaban J connectivity index is 2.06. The van der Waals surface area contributed by atoms with Crippen LogP contribution in [-0.2, 0) is 10.0 Å². The van der Waals surface area contributed by atoms with Gasteiger partial charge >= 0.3 is 0 Å². The van der Waals surface area contributed by atoms with Crippen molar-refractivity contribution < 1.29 is 8.42 Å². The zero-order chi connectivity index (χ0) is 17.5. The quantitative estimate of drug-likeness (QED) is 0.655. The van der Waals surface area contributed by atoms with Gasteiger partial charge in [-0.2, -0.15) is 8.42 Å². The molecule has 2 aliphatic heterocycles. The molecule has 1 aromatic heterocycles. The van der Waals surface area contributed by atoms with Crippen molar-refractivity contribution in [3.8, 4) is 0 Å². The molecule has 0 bridgehead atoms. The summed E-state index contributed by atoms with van der Waals surface area (Å²) in [6.45, 7) is 4.19. The van der Waals surface area contributed by atoms with Gasteiger partial charge in [0.05, 0.1) is 0 Å². The zero-order valence-electron chi connectivity index (χ0n) is 13.6. The number of nitrogens with two attached hydrogens (primary N) is 1. The Hall–Kier alpha value is -1.73. The molecular formula is C16H21ClN4O2S. The van der Waals surface area contributed by atoms with Crippen LogP contribution in [0.4, 0.5) is 5.82 Å². The first kappa shape index (κ1) is 17.1. The molecule has 8 heteroatoms. The summed E-state index contributed by atoms with van der Waals surface area (Å²) >= 11 is 6.36. The predicted octanol–water partition coefficient (Wildman–Crippen LogP) is 2.50. The van der Waals surface area contributed by atoms with Crippen LogP contribution in [-0.4, -0.2) is 40.2 Å². The van der Waals surface area contributed by atoms with Crippen LogP contribution in [0.2, 0.25) is 0 Å². The molecule has 1 saturated heterocycles. The van der Waals surface area contributed by atoms with Crippen LogP contribution in [0.15, 0.2) is 47.3 Å². The van der Waals surface area contributed by atoms with Crippen LogP contribution < -0.4 is 5.73 Å². The molecule has 0 radical (unpaired) electrons. The number of hydrogen-bond acceptors (Lipinski definition) is 5.